The van der Waals surface area contributed by atoms with Gasteiger partial charge < -0.3 is 9.67 Å². The summed E-state index contributed by atoms with van der Waals surface area (Å²) in [5.74, 6) is -1.06. The Morgan fingerprint density at radius 1 is 1.44 bits per heavy atom. The van der Waals surface area contributed by atoms with Gasteiger partial charge in [-0.25, -0.2) is 4.79 Å². The van der Waals surface area contributed by atoms with Crippen LogP contribution < -0.4 is 0 Å². The second kappa shape index (κ2) is 5.06. The number of hydrogen-bond donors (Lipinski definition) is 1. The molecule has 2 rings (SSSR count). The summed E-state index contributed by atoms with van der Waals surface area (Å²) in [4.78, 5) is 15.1. The van der Waals surface area contributed by atoms with Crippen LogP contribution in [0.3, 0.4) is 0 Å². The zero-order valence-electron chi connectivity index (χ0n) is 9.67. The Hall–Kier alpha value is -2.07. The quantitative estimate of drug-likeness (QED) is 0.864. The van der Waals surface area contributed by atoms with E-state index >= 15 is 0 Å². The third kappa shape index (κ3) is 2.78. The molecule has 0 fully saturated rings. The zero-order valence-corrected chi connectivity index (χ0v) is 10.4. The highest BCUT2D eigenvalue weighted by Crippen LogP contribution is 2.22. The number of benzene rings is 1. The molecule has 5 heteroatoms. The van der Waals surface area contributed by atoms with E-state index in [-0.39, 0.29) is 10.6 Å². The molecule has 1 heterocycles. The Labute approximate surface area is 109 Å². The predicted octanol–water partition coefficient (Wildman–Crippen LogP) is 3.13. The van der Waals surface area contributed by atoms with E-state index in [0.717, 1.165) is 5.56 Å². The lowest BCUT2D eigenvalue weighted by molar-refractivity contribution is 0.0697. The number of halogens is 1. The highest BCUT2D eigenvalue weighted by atomic mass is 35.5. The van der Waals surface area contributed by atoms with E-state index in [9.17, 15) is 4.79 Å². The Bertz CT molecular complexity index is 617. The molecule has 0 saturated carbocycles. The van der Waals surface area contributed by atoms with Gasteiger partial charge in [-0.1, -0.05) is 11.6 Å². The highest BCUT2D eigenvalue weighted by molar-refractivity contribution is 6.33. The van der Waals surface area contributed by atoms with Crippen LogP contribution in [-0.2, 0) is 7.05 Å². The van der Waals surface area contributed by atoms with Gasteiger partial charge in [-0.15, -0.1) is 0 Å². The number of aryl methyl sites for hydroxylation is 1. The van der Waals surface area contributed by atoms with E-state index in [2.05, 4.69) is 4.99 Å². The molecule has 1 aromatic heterocycles. The molecule has 1 N–H and O–H groups in total. The molecule has 0 aliphatic rings. The molecule has 1 aromatic carbocycles. The van der Waals surface area contributed by atoms with Crippen LogP contribution in [0.2, 0.25) is 5.02 Å². The second-order valence-electron chi connectivity index (χ2n) is 3.84. The number of carboxylic acids is 1. The molecule has 0 aliphatic heterocycles. The number of nitrogens with zero attached hydrogens (tertiary/aromatic N) is 2. The maximum Gasteiger partial charge on any atom is 0.337 e. The van der Waals surface area contributed by atoms with Gasteiger partial charge in [0.15, 0.2) is 0 Å². The second-order valence-corrected chi connectivity index (χ2v) is 4.25. The number of aromatic nitrogens is 1. The summed E-state index contributed by atoms with van der Waals surface area (Å²) in [6, 6.07) is 6.57. The Morgan fingerprint density at radius 2 is 2.22 bits per heavy atom. The van der Waals surface area contributed by atoms with Crippen molar-refractivity contribution in [3.8, 4) is 0 Å². The van der Waals surface area contributed by atoms with Crippen LogP contribution in [0.5, 0.6) is 0 Å². The fraction of sp³-hybridized carbons (Fsp3) is 0.0769. The van der Waals surface area contributed by atoms with Crippen LogP contribution in [0, 0.1) is 0 Å². The van der Waals surface area contributed by atoms with Crippen molar-refractivity contribution in [1.82, 2.24) is 4.57 Å². The summed E-state index contributed by atoms with van der Waals surface area (Å²) in [6.07, 6.45) is 5.50. The van der Waals surface area contributed by atoms with Crippen molar-refractivity contribution < 1.29 is 9.90 Å². The van der Waals surface area contributed by atoms with Crippen LogP contribution in [0.1, 0.15) is 15.9 Å². The number of rotatable bonds is 3. The van der Waals surface area contributed by atoms with Crippen molar-refractivity contribution in [1.29, 1.82) is 0 Å². The minimum Gasteiger partial charge on any atom is -0.478 e. The molecule has 0 bridgehead atoms. The molecular weight excluding hydrogens is 252 g/mol. The summed E-state index contributed by atoms with van der Waals surface area (Å²) in [6.45, 7) is 0. The zero-order chi connectivity index (χ0) is 13.1. The first-order valence-corrected chi connectivity index (χ1v) is 5.63. The van der Waals surface area contributed by atoms with Crippen molar-refractivity contribution in [2.75, 3.05) is 0 Å². The predicted molar refractivity (Wildman–Crippen MR) is 71.1 cm³/mol. The van der Waals surface area contributed by atoms with Crippen molar-refractivity contribution in [2.45, 2.75) is 0 Å². The van der Waals surface area contributed by atoms with E-state index in [0.29, 0.717) is 5.69 Å². The molecule has 0 spiro atoms. The third-order valence-corrected chi connectivity index (χ3v) is 2.73. The molecule has 92 valence electrons. The van der Waals surface area contributed by atoms with Gasteiger partial charge in [0.2, 0.25) is 0 Å². The van der Waals surface area contributed by atoms with E-state index in [1.54, 1.807) is 12.3 Å². The van der Waals surface area contributed by atoms with Crippen LogP contribution in [0.4, 0.5) is 5.69 Å². The molecule has 4 nitrogen and oxygen atoms in total. The normalized spacial score (nSPS) is 11.0. The van der Waals surface area contributed by atoms with Gasteiger partial charge in [0.1, 0.15) is 0 Å². The van der Waals surface area contributed by atoms with Gasteiger partial charge in [-0.3, -0.25) is 4.99 Å². The van der Waals surface area contributed by atoms with Crippen molar-refractivity contribution in [3.05, 3.63) is 52.8 Å². The van der Waals surface area contributed by atoms with Crippen LogP contribution in [0.15, 0.2) is 41.7 Å². The number of aromatic carboxylic acids is 1. The van der Waals surface area contributed by atoms with Gasteiger partial charge in [-0.05, 0) is 24.3 Å². The number of carbonyl (C=O) groups is 1. The van der Waals surface area contributed by atoms with Crippen LogP contribution in [0.25, 0.3) is 0 Å². The number of hydrogen-bond acceptors (Lipinski definition) is 2. The van der Waals surface area contributed by atoms with Gasteiger partial charge >= 0.3 is 5.97 Å². The Balaban J connectivity index is 2.27. The maximum absolute atomic E-state index is 10.9. The summed E-state index contributed by atoms with van der Waals surface area (Å²) in [5.41, 5.74) is 1.56. The lowest BCUT2D eigenvalue weighted by Crippen LogP contribution is -1.96. The van der Waals surface area contributed by atoms with Crippen LogP contribution >= 0.6 is 11.6 Å². The van der Waals surface area contributed by atoms with Gasteiger partial charge in [0.05, 0.1) is 16.3 Å². The smallest absolute Gasteiger partial charge is 0.337 e. The SMILES string of the molecule is Cn1ccc(C=Nc2ccc(Cl)c(C(=O)O)c2)c1. The lowest BCUT2D eigenvalue weighted by atomic mass is 10.2. The number of aliphatic imine (C=N–C) groups is 1. The average Bonchev–Trinajstić information content (AvgIpc) is 2.74. The van der Waals surface area contributed by atoms with E-state index in [1.807, 2.05) is 30.1 Å². The minimum atomic E-state index is -1.06. The summed E-state index contributed by atoms with van der Waals surface area (Å²) < 4.78 is 1.91. The first-order chi connectivity index (χ1) is 8.56. The molecule has 2 aromatic rings. The molecule has 0 atom stereocenters. The van der Waals surface area contributed by atoms with E-state index in [4.69, 9.17) is 16.7 Å². The summed E-state index contributed by atoms with van der Waals surface area (Å²) >= 11 is 5.78. The fourth-order valence-electron chi connectivity index (χ4n) is 1.51. The fourth-order valence-corrected chi connectivity index (χ4v) is 1.71. The van der Waals surface area contributed by atoms with Gasteiger partial charge in [0, 0.05) is 31.2 Å². The minimum absolute atomic E-state index is 0.0550. The largest absolute Gasteiger partial charge is 0.478 e. The highest BCUT2D eigenvalue weighted by Gasteiger charge is 2.08. The topological polar surface area (TPSA) is 54.6 Å². The van der Waals surface area contributed by atoms with Gasteiger partial charge in [0.25, 0.3) is 0 Å². The molecule has 18 heavy (non-hydrogen) atoms. The Morgan fingerprint density at radius 3 is 2.83 bits per heavy atom. The standard InChI is InChI=1S/C13H11ClN2O2/c1-16-5-4-9(8-16)7-15-10-2-3-12(14)11(6-10)13(17)18/h2-8H,1H3,(H,17,18). The molecule has 0 radical (unpaired) electrons. The van der Waals surface area contributed by atoms with Gasteiger partial charge in [-0.2, -0.15) is 0 Å². The Kier molecular flexibility index (Phi) is 3.48. The third-order valence-electron chi connectivity index (χ3n) is 2.40. The number of carboxylic acid groups (broad SMARTS) is 1. The molecule has 0 saturated heterocycles. The van der Waals surface area contributed by atoms with E-state index < -0.39 is 5.97 Å². The average molecular weight is 263 g/mol. The van der Waals surface area contributed by atoms with E-state index in [1.165, 1.54) is 12.1 Å². The first-order valence-electron chi connectivity index (χ1n) is 5.25. The molecule has 0 amide bonds. The summed E-state index contributed by atoms with van der Waals surface area (Å²) in [5, 5.41) is 9.15. The lowest BCUT2D eigenvalue weighted by Gasteiger charge is -1.99. The molecule has 0 unspecified atom stereocenters. The van der Waals surface area contributed by atoms with Crippen molar-refractivity contribution >= 4 is 29.5 Å². The van der Waals surface area contributed by atoms with Crippen molar-refractivity contribution in [2.24, 2.45) is 12.0 Å². The molecule has 0 aliphatic carbocycles. The first kappa shape index (κ1) is 12.4. The monoisotopic (exact) mass is 262 g/mol. The van der Waals surface area contributed by atoms with Crippen LogP contribution in [-0.4, -0.2) is 21.9 Å². The summed E-state index contributed by atoms with van der Waals surface area (Å²) in [7, 11) is 1.92. The molecular formula is C13H11ClN2O2. The maximum atomic E-state index is 10.9. The van der Waals surface area contributed by atoms with Crippen molar-refractivity contribution in [3.63, 3.8) is 0 Å².